The molecule has 110 valence electrons. The van der Waals surface area contributed by atoms with Crippen LogP contribution in [-0.4, -0.2) is 15.9 Å². The Morgan fingerprint density at radius 3 is 2.91 bits per heavy atom. The Labute approximate surface area is 123 Å². The number of guanidine groups is 1. The molecular weight excluding hydrogens is 288 g/mol. The summed E-state index contributed by atoms with van der Waals surface area (Å²) in [5.41, 5.74) is 7.67. The van der Waals surface area contributed by atoms with Gasteiger partial charge < -0.3 is 4.42 Å². The van der Waals surface area contributed by atoms with Crippen LogP contribution in [0.15, 0.2) is 40.8 Å². The number of H-pyrrole nitrogens is 1. The summed E-state index contributed by atoms with van der Waals surface area (Å²) in [6.07, 6.45) is -0.485. The van der Waals surface area contributed by atoms with Gasteiger partial charge in [0.1, 0.15) is 16.0 Å². The highest BCUT2D eigenvalue weighted by Crippen LogP contribution is 2.22. The van der Waals surface area contributed by atoms with E-state index in [1.165, 1.54) is 6.07 Å². The molecule has 0 fully saturated rings. The number of rotatable bonds is 2. The van der Waals surface area contributed by atoms with E-state index in [0.717, 1.165) is 11.0 Å². The third-order valence-corrected chi connectivity index (χ3v) is 3.52. The van der Waals surface area contributed by atoms with Gasteiger partial charge in [-0.05, 0) is 18.2 Å². The van der Waals surface area contributed by atoms with Crippen molar-refractivity contribution in [1.82, 2.24) is 4.98 Å². The number of nitrogens with zero attached hydrogens (tertiary/aromatic N) is 2. The van der Waals surface area contributed by atoms with Crippen LogP contribution in [0.2, 0.25) is 0 Å². The number of aromatic amines is 1. The summed E-state index contributed by atoms with van der Waals surface area (Å²) in [7, 11) is 0. The second-order valence-corrected chi connectivity index (χ2v) is 4.88. The molecule has 22 heavy (non-hydrogen) atoms. The lowest BCUT2D eigenvalue weighted by molar-refractivity contribution is -0.842. The molecule has 2 aromatic heterocycles. The summed E-state index contributed by atoms with van der Waals surface area (Å²) >= 11 is 0. The zero-order chi connectivity index (χ0) is 15.3. The largest absolute Gasteiger partial charge is 0.433 e. The van der Waals surface area contributed by atoms with Gasteiger partial charge in [-0.3, -0.25) is 15.8 Å². The van der Waals surface area contributed by atoms with E-state index in [-0.39, 0.29) is 5.88 Å². The first kappa shape index (κ1) is 12.4. The number of anilines is 1. The van der Waals surface area contributed by atoms with Crippen molar-refractivity contribution in [3.8, 4) is 0 Å². The number of aromatic nitrogens is 2. The fourth-order valence-electron chi connectivity index (χ4n) is 2.62. The zero-order valence-corrected chi connectivity index (χ0v) is 11.2. The fourth-order valence-corrected chi connectivity index (χ4v) is 2.62. The molecule has 0 saturated heterocycles. The Balaban J connectivity index is 1.91. The first-order valence-corrected chi connectivity index (χ1v) is 6.56. The fraction of sp³-hybridized carbons (Fsp3) is 0.0769. The number of nitro groups is 1. The maximum Gasteiger partial charge on any atom is 0.433 e. The average molecular weight is 300 g/mol. The number of nitrogens with two attached hydrogens (primary N) is 1. The topological polar surface area (TPSA) is 128 Å². The summed E-state index contributed by atoms with van der Waals surface area (Å²) < 4.78 is 7.21. The quantitative estimate of drug-likeness (QED) is 0.283. The summed E-state index contributed by atoms with van der Waals surface area (Å²) in [4.78, 5) is 16.5. The van der Waals surface area contributed by atoms with Crippen LogP contribution in [0.1, 0.15) is 11.9 Å². The molecule has 0 aliphatic carbocycles. The van der Waals surface area contributed by atoms with E-state index in [4.69, 9.17) is 10.2 Å². The van der Waals surface area contributed by atoms with E-state index in [9.17, 15) is 10.1 Å². The molecule has 9 heteroatoms. The van der Waals surface area contributed by atoms with Gasteiger partial charge in [-0.1, -0.05) is 12.1 Å². The van der Waals surface area contributed by atoms with Crippen LogP contribution in [0.5, 0.6) is 0 Å². The van der Waals surface area contributed by atoms with Gasteiger partial charge in [0.2, 0.25) is 0 Å². The molecule has 1 aromatic carbocycles. The Kier molecular flexibility index (Phi) is 2.43. The summed E-state index contributed by atoms with van der Waals surface area (Å²) in [5, 5.41) is 13.8. The van der Waals surface area contributed by atoms with Crippen molar-refractivity contribution in [3.05, 3.63) is 52.3 Å². The Morgan fingerprint density at radius 1 is 1.32 bits per heavy atom. The van der Waals surface area contributed by atoms with Crippen LogP contribution in [0.4, 0.5) is 11.8 Å². The minimum atomic E-state index is -0.571. The molecule has 1 aliphatic heterocycles. The van der Waals surface area contributed by atoms with Gasteiger partial charge in [0.25, 0.3) is 6.17 Å². The third kappa shape index (κ3) is 1.72. The maximum atomic E-state index is 10.8. The van der Waals surface area contributed by atoms with Gasteiger partial charge in [0.15, 0.2) is 5.76 Å². The lowest BCUT2D eigenvalue weighted by Crippen LogP contribution is -2.88. The van der Waals surface area contributed by atoms with Crippen LogP contribution in [0.25, 0.3) is 11.0 Å². The Morgan fingerprint density at radius 2 is 2.14 bits per heavy atom. The SMILES string of the molecule is NC1=[NH+][C@H](c2ccc([N+](=O)[O-])o2)[n+]2c([nH]c3ccccc32)N1. The van der Waals surface area contributed by atoms with E-state index < -0.39 is 11.1 Å². The van der Waals surface area contributed by atoms with E-state index in [0.29, 0.717) is 17.7 Å². The maximum absolute atomic E-state index is 10.8. The average Bonchev–Trinajstić information content (AvgIpc) is 3.10. The first-order chi connectivity index (χ1) is 10.6. The van der Waals surface area contributed by atoms with E-state index in [2.05, 4.69) is 15.3 Å². The molecule has 9 nitrogen and oxygen atoms in total. The van der Waals surface area contributed by atoms with Crippen molar-refractivity contribution >= 4 is 28.8 Å². The van der Waals surface area contributed by atoms with Gasteiger partial charge in [-0.15, -0.1) is 0 Å². The molecular formula is C13H12N6O3+2. The number of furan rings is 1. The Bertz CT molecular complexity index is 925. The number of para-hydroxylation sites is 2. The van der Waals surface area contributed by atoms with Crippen molar-refractivity contribution in [2.45, 2.75) is 6.17 Å². The Hall–Kier alpha value is -3.36. The van der Waals surface area contributed by atoms with Gasteiger partial charge in [0.05, 0.1) is 6.07 Å². The lowest BCUT2D eigenvalue weighted by atomic mass is 10.3. The van der Waals surface area contributed by atoms with Gasteiger partial charge in [-0.25, -0.2) is 9.98 Å². The monoisotopic (exact) mass is 300 g/mol. The molecule has 4 rings (SSSR count). The standard InChI is InChI=1S/C13H10N6O3/c14-12-16-11(9-5-6-10(22-9)19(20)21)18-8-4-2-1-3-7(8)15-13(18)17-12/h1-6,11H,(H3,14,15,16,17)/p+2/t11-/m0/s1. The van der Waals surface area contributed by atoms with Crippen molar-refractivity contribution in [1.29, 1.82) is 0 Å². The van der Waals surface area contributed by atoms with Crippen molar-refractivity contribution in [3.63, 3.8) is 0 Å². The number of imidazole rings is 1. The molecule has 0 spiro atoms. The second kappa shape index (κ2) is 4.32. The summed E-state index contributed by atoms with van der Waals surface area (Å²) in [6.45, 7) is 0. The molecule has 0 unspecified atom stereocenters. The number of hydrogen-bond acceptors (Lipinski definition) is 5. The second-order valence-electron chi connectivity index (χ2n) is 4.88. The predicted molar refractivity (Wildman–Crippen MR) is 75.8 cm³/mol. The van der Waals surface area contributed by atoms with Crippen LogP contribution >= 0.6 is 0 Å². The predicted octanol–water partition coefficient (Wildman–Crippen LogP) is -0.676. The first-order valence-electron chi connectivity index (χ1n) is 6.56. The molecule has 0 radical (unpaired) electrons. The number of hydrogen-bond donors (Lipinski definition) is 4. The van der Waals surface area contributed by atoms with E-state index in [1.54, 1.807) is 6.07 Å². The lowest BCUT2D eigenvalue weighted by Gasteiger charge is -2.14. The van der Waals surface area contributed by atoms with Gasteiger partial charge in [0, 0.05) is 0 Å². The molecule has 3 aromatic rings. The van der Waals surface area contributed by atoms with Gasteiger partial charge >= 0.3 is 17.8 Å². The highest BCUT2D eigenvalue weighted by atomic mass is 16.6. The molecule has 0 saturated carbocycles. The van der Waals surface area contributed by atoms with Crippen molar-refractivity contribution in [2.75, 3.05) is 5.32 Å². The minimum Gasteiger partial charge on any atom is -0.398 e. The van der Waals surface area contributed by atoms with Crippen LogP contribution in [-0.2, 0) is 0 Å². The molecule has 1 aliphatic rings. The molecule has 1 atom stereocenters. The highest BCUT2D eigenvalue weighted by Gasteiger charge is 2.35. The van der Waals surface area contributed by atoms with E-state index >= 15 is 0 Å². The smallest absolute Gasteiger partial charge is 0.398 e. The van der Waals surface area contributed by atoms with Gasteiger partial charge in [-0.2, -0.15) is 9.88 Å². The molecule has 0 amide bonds. The summed E-state index contributed by atoms with van der Waals surface area (Å²) in [5.74, 6) is 1.08. The number of benzene rings is 1. The molecule has 0 bridgehead atoms. The molecule has 5 N–H and O–H groups in total. The zero-order valence-electron chi connectivity index (χ0n) is 11.2. The normalized spacial score (nSPS) is 16.9. The van der Waals surface area contributed by atoms with Crippen LogP contribution in [0, 0.1) is 10.1 Å². The van der Waals surface area contributed by atoms with Crippen LogP contribution < -0.4 is 20.6 Å². The van der Waals surface area contributed by atoms with Crippen molar-refractivity contribution < 1.29 is 18.9 Å². The third-order valence-electron chi connectivity index (χ3n) is 3.52. The number of nitrogens with one attached hydrogen (secondary N) is 3. The van der Waals surface area contributed by atoms with Crippen molar-refractivity contribution in [2.24, 2.45) is 5.73 Å². The molecule has 3 heterocycles. The van der Waals surface area contributed by atoms with E-state index in [1.807, 2.05) is 28.8 Å². The minimum absolute atomic E-state index is 0.309. The summed E-state index contributed by atoms with van der Waals surface area (Å²) in [6, 6.07) is 10.6. The van der Waals surface area contributed by atoms with Crippen LogP contribution in [0.3, 0.4) is 0 Å². The number of fused-ring (bicyclic) bond motifs is 3. The highest BCUT2D eigenvalue weighted by molar-refractivity contribution is 5.87.